The van der Waals surface area contributed by atoms with Gasteiger partial charge < -0.3 is 15.2 Å². The molecule has 0 saturated heterocycles. The predicted octanol–water partition coefficient (Wildman–Crippen LogP) is 2.07. The summed E-state index contributed by atoms with van der Waals surface area (Å²) in [5.41, 5.74) is 3.57. The summed E-state index contributed by atoms with van der Waals surface area (Å²) in [5, 5.41) is 22.3. The van der Waals surface area contributed by atoms with Crippen molar-refractivity contribution in [2.24, 2.45) is 7.05 Å². The number of nitrogens with one attached hydrogen (secondary N) is 2. The molecule has 27 heavy (non-hydrogen) atoms. The molecule has 4 rings (SSSR count). The van der Waals surface area contributed by atoms with Gasteiger partial charge in [0.25, 0.3) is 5.91 Å². The summed E-state index contributed by atoms with van der Waals surface area (Å²) in [6, 6.07) is 9.67. The third kappa shape index (κ3) is 3.53. The zero-order valence-electron chi connectivity index (χ0n) is 14.7. The number of aryl methyl sites for hydroxylation is 1. The molecule has 0 atom stereocenters. The molecule has 2 N–H and O–H groups in total. The smallest absolute Gasteiger partial charge is 0.290 e. The summed E-state index contributed by atoms with van der Waals surface area (Å²) in [6.07, 6.45) is 7.14. The molecule has 1 saturated carbocycles. The Morgan fingerprint density at radius 3 is 2.63 bits per heavy atom. The number of hydrogen-bond acceptors (Lipinski definition) is 6. The highest BCUT2D eigenvalue weighted by Crippen LogP contribution is 2.25. The van der Waals surface area contributed by atoms with E-state index >= 15 is 0 Å². The predicted molar refractivity (Wildman–Crippen MR) is 97.2 cm³/mol. The first kappa shape index (κ1) is 16.8. The lowest BCUT2D eigenvalue weighted by atomic mass is 9.87. The Morgan fingerprint density at radius 1 is 1.22 bits per heavy atom. The summed E-state index contributed by atoms with van der Waals surface area (Å²) in [5.74, 6) is -0.112. The molecule has 2 aromatic heterocycles. The molecule has 2 heterocycles. The number of hydrogen-bond donors (Lipinski definition) is 2. The van der Waals surface area contributed by atoms with E-state index in [0.717, 1.165) is 29.5 Å². The number of amides is 1. The summed E-state index contributed by atoms with van der Waals surface area (Å²) in [4.78, 5) is 12.3. The molecule has 0 bridgehead atoms. The van der Waals surface area contributed by atoms with E-state index in [2.05, 4.69) is 20.9 Å². The summed E-state index contributed by atoms with van der Waals surface area (Å²) >= 11 is 0. The lowest BCUT2D eigenvalue weighted by molar-refractivity contribution is 0.0868. The van der Waals surface area contributed by atoms with Gasteiger partial charge in [-0.05, 0) is 18.4 Å². The molecule has 8 heteroatoms. The van der Waals surface area contributed by atoms with Crippen LogP contribution < -0.4 is 10.6 Å². The van der Waals surface area contributed by atoms with E-state index in [1.807, 2.05) is 49.9 Å². The third-order valence-corrected chi connectivity index (χ3v) is 4.69. The maximum Gasteiger partial charge on any atom is 0.290 e. The standard InChI is InChI=1S/C19H18N6O2/c1-25-10-14(9-22-25)12-2-4-13(5-3-12)17-8-18(27-24-17)19(26)23-16-6-15(7-16)21-11-20/h2-5,8-10,15-16,21H,6-7H2,1H3,(H,23,26)/t15-,16+. The van der Waals surface area contributed by atoms with E-state index in [0.29, 0.717) is 5.69 Å². The number of aromatic nitrogens is 3. The van der Waals surface area contributed by atoms with Gasteiger partial charge in [0.1, 0.15) is 5.69 Å². The summed E-state index contributed by atoms with van der Waals surface area (Å²) in [7, 11) is 1.88. The van der Waals surface area contributed by atoms with Gasteiger partial charge in [0.15, 0.2) is 6.19 Å². The molecule has 1 amide bonds. The van der Waals surface area contributed by atoms with E-state index < -0.39 is 0 Å². The van der Waals surface area contributed by atoms with Crippen LogP contribution in [-0.4, -0.2) is 32.9 Å². The van der Waals surface area contributed by atoms with E-state index in [1.54, 1.807) is 10.7 Å². The number of benzene rings is 1. The third-order valence-electron chi connectivity index (χ3n) is 4.69. The Balaban J connectivity index is 1.40. The number of carbonyl (C=O) groups excluding carboxylic acids is 1. The minimum absolute atomic E-state index is 0.0515. The fraction of sp³-hybridized carbons (Fsp3) is 0.263. The van der Waals surface area contributed by atoms with Crippen LogP contribution >= 0.6 is 0 Å². The second-order valence-electron chi connectivity index (χ2n) is 6.65. The van der Waals surface area contributed by atoms with Gasteiger partial charge in [-0.25, -0.2) is 0 Å². The first-order valence-electron chi connectivity index (χ1n) is 8.64. The molecule has 0 spiro atoms. The molecule has 8 nitrogen and oxygen atoms in total. The highest BCUT2D eigenvalue weighted by atomic mass is 16.5. The van der Waals surface area contributed by atoms with Crippen molar-refractivity contribution < 1.29 is 9.32 Å². The molecular weight excluding hydrogens is 344 g/mol. The van der Waals surface area contributed by atoms with Crippen molar-refractivity contribution >= 4 is 5.91 Å². The summed E-state index contributed by atoms with van der Waals surface area (Å²) in [6.45, 7) is 0. The average Bonchev–Trinajstić information content (AvgIpc) is 3.29. The average molecular weight is 362 g/mol. The van der Waals surface area contributed by atoms with Gasteiger partial charge in [0.2, 0.25) is 5.76 Å². The van der Waals surface area contributed by atoms with Gasteiger partial charge in [-0.1, -0.05) is 29.4 Å². The van der Waals surface area contributed by atoms with Crippen LogP contribution in [0.1, 0.15) is 23.4 Å². The molecule has 0 aliphatic heterocycles. The molecule has 136 valence electrons. The van der Waals surface area contributed by atoms with Crippen molar-refractivity contribution in [2.45, 2.75) is 24.9 Å². The largest absolute Gasteiger partial charge is 0.350 e. The second kappa shape index (κ2) is 6.96. The van der Waals surface area contributed by atoms with Crippen LogP contribution in [0.25, 0.3) is 22.4 Å². The Hall–Kier alpha value is -3.60. The fourth-order valence-electron chi connectivity index (χ4n) is 3.12. The lowest BCUT2D eigenvalue weighted by Gasteiger charge is -2.34. The van der Waals surface area contributed by atoms with Crippen molar-refractivity contribution in [2.75, 3.05) is 0 Å². The number of carbonyl (C=O) groups is 1. The highest BCUT2D eigenvalue weighted by molar-refractivity contribution is 5.92. The lowest BCUT2D eigenvalue weighted by Crippen LogP contribution is -2.51. The van der Waals surface area contributed by atoms with Crippen molar-refractivity contribution in [3.05, 3.63) is 48.5 Å². The van der Waals surface area contributed by atoms with Crippen LogP contribution in [0.5, 0.6) is 0 Å². The molecule has 1 fully saturated rings. The van der Waals surface area contributed by atoms with E-state index in [4.69, 9.17) is 9.78 Å². The number of nitriles is 1. The minimum atomic E-state index is -0.291. The Kier molecular flexibility index (Phi) is 4.34. The minimum Gasteiger partial charge on any atom is -0.350 e. The Labute approximate surface area is 155 Å². The van der Waals surface area contributed by atoms with Crippen LogP contribution in [0, 0.1) is 11.5 Å². The van der Waals surface area contributed by atoms with Crippen molar-refractivity contribution in [1.82, 2.24) is 25.6 Å². The maximum atomic E-state index is 12.3. The van der Waals surface area contributed by atoms with Gasteiger partial charge >= 0.3 is 0 Å². The highest BCUT2D eigenvalue weighted by Gasteiger charge is 2.31. The molecular formula is C19H18N6O2. The fourth-order valence-corrected chi connectivity index (χ4v) is 3.12. The first-order chi connectivity index (χ1) is 13.1. The van der Waals surface area contributed by atoms with Gasteiger partial charge in [-0.3, -0.25) is 9.48 Å². The zero-order valence-corrected chi connectivity index (χ0v) is 14.7. The molecule has 0 unspecified atom stereocenters. The normalized spacial score (nSPS) is 18.4. The SMILES string of the molecule is Cn1cc(-c2ccc(-c3cc(C(=O)N[C@H]4C[C@@H](NC#N)C4)on3)cc2)cn1. The van der Waals surface area contributed by atoms with Crippen molar-refractivity contribution in [1.29, 1.82) is 5.26 Å². The van der Waals surface area contributed by atoms with Crippen LogP contribution in [0.4, 0.5) is 0 Å². The summed E-state index contributed by atoms with van der Waals surface area (Å²) < 4.78 is 6.96. The van der Waals surface area contributed by atoms with Crippen LogP contribution in [0.2, 0.25) is 0 Å². The quantitative estimate of drug-likeness (QED) is 0.531. The van der Waals surface area contributed by atoms with Crippen molar-refractivity contribution in [3.8, 4) is 28.6 Å². The Bertz CT molecular complexity index is 992. The first-order valence-corrected chi connectivity index (χ1v) is 8.64. The van der Waals surface area contributed by atoms with Gasteiger partial charge in [0, 0.05) is 42.5 Å². The molecule has 1 aromatic carbocycles. The maximum absolute atomic E-state index is 12.3. The molecule has 3 aromatic rings. The zero-order chi connectivity index (χ0) is 18.8. The molecule has 0 radical (unpaired) electrons. The van der Waals surface area contributed by atoms with Crippen LogP contribution in [0.15, 0.2) is 47.2 Å². The van der Waals surface area contributed by atoms with Gasteiger partial charge in [-0.15, -0.1) is 0 Å². The molecule has 1 aliphatic carbocycles. The van der Waals surface area contributed by atoms with Crippen LogP contribution in [0.3, 0.4) is 0 Å². The van der Waals surface area contributed by atoms with E-state index in [-0.39, 0.29) is 23.8 Å². The van der Waals surface area contributed by atoms with Gasteiger partial charge in [0.05, 0.1) is 6.20 Å². The second-order valence-corrected chi connectivity index (χ2v) is 6.65. The number of rotatable bonds is 5. The van der Waals surface area contributed by atoms with Crippen LogP contribution in [-0.2, 0) is 7.05 Å². The molecule has 1 aliphatic rings. The van der Waals surface area contributed by atoms with Gasteiger partial charge in [-0.2, -0.15) is 10.4 Å². The van der Waals surface area contributed by atoms with Crippen molar-refractivity contribution in [3.63, 3.8) is 0 Å². The Morgan fingerprint density at radius 2 is 1.96 bits per heavy atom. The van der Waals surface area contributed by atoms with E-state index in [1.165, 1.54) is 0 Å². The number of nitrogens with zero attached hydrogens (tertiary/aromatic N) is 4. The van der Waals surface area contributed by atoms with E-state index in [9.17, 15) is 4.79 Å². The monoisotopic (exact) mass is 362 g/mol. The topological polar surface area (TPSA) is 109 Å².